The average Bonchev–Trinajstić information content (AvgIpc) is 2.94. The van der Waals surface area contributed by atoms with Crippen molar-refractivity contribution in [3.8, 4) is 0 Å². The molecule has 21 heavy (non-hydrogen) atoms. The highest BCUT2D eigenvalue weighted by Gasteiger charge is 2.29. The van der Waals surface area contributed by atoms with Gasteiger partial charge in [-0.1, -0.05) is 77.5 Å². The van der Waals surface area contributed by atoms with Crippen molar-refractivity contribution in [2.45, 2.75) is 77.6 Å². The molecule has 116 valence electrons. The molecule has 1 unspecified atom stereocenters. The van der Waals surface area contributed by atoms with Crippen molar-refractivity contribution >= 4 is 21.6 Å². The van der Waals surface area contributed by atoms with Crippen LogP contribution in [-0.4, -0.2) is 4.37 Å². The molecule has 0 aliphatic carbocycles. The summed E-state index contributed by atoms with van der Waals surface area (Å²) in [5.74, 6) is 0. The highest BCUT2D eigenvalue weighted by molar-refractivity contribution is 7.13. The summed E-state index contributed by atoms with van der Waals surface area (Å²) < 4.78 is 6.20. The minimum atomic E-state index is 0.253. The molecule has 1 heterocycles. The number of hydrogen-bond acceptors (Lipinski definition) is 2. The predicted octanol–water partition coefficient (Wildman–Crippen LogP) is 6.71. The van der Waals surface area contributed by atoms with Crippen LogP contribution < -0.4 is 0 Å². The molecule has 0 bridgehead atoms. The van der Waals surface area contributed by atoms with Gasteiger partial charge in [0.05, 0.1) is 10.4 Å². The number of unbranched alkanes of at least 4 members (excludes halogenated alkanes) is 4. The van der Waals surface area contributed by atoms with E-state index in [9.17, 15) is 0 Å². The van der Waals surface area contributed by atoms with Gasteiger partial charge < -0.3 is 0 Å². The molecule has 0 spiro atoms. The molecule has 2 rings (SSSR count). The highest BCUT2D eigenvalue weighted by atomic mass is 32.1. The first kappa shape index (κ1) is 16.5. The number of fused-ring (bicyclic) bond motifs is 1. The van der Waals surface area contributed by atoms with Gasteiger partial charge in [0.25, 0.3) is 0 Å². The van der Waals surface area contributed by atoms with Crippen molar-refractivity contribution in [3.63, 3.8) is 0 Å². The third-order valence-electron chi connectivity index (χ3n) is 4.61. The van der Waals surface area contributed by atoms with Crippen LogP contribution in [0.5, 0.6) is 0 Å². The van der Waals surface area contributed by atoms with Crippen LogP contribution >= 0.6 is 11.5 Å². The van der Waals surface area contributed by atoms with E-state index >= 15 is 0 Å². The van der Waals surface area contributed by atoms with Crippen LogP contribution in [0.15, 0.2) is 24.3 Å². The molecule has 2 heteroatoms. The number of hydrogen-bond donors (Lipinski definition) is 0. The highest BCUT2D eigenvalue weighted by Crippen LogP contribution is 2.39. The van der Waals surface area contributed by atoms with Crippen molar-refractivity contribution in [2.24, 2.45) is 0 Å². The lowest BCUT2D eigenvalue weighted by Crippen LogP contribution is -2.22. The first-order valence-electron chi connectivity index (χ1n) is 8.56. The molecule has 2 aromatic rings. The van der Waals surface area contributed by atoms with Crippen LogP contribution in [0.3, 0.4) is 0 Å². The molecule has 0 saturated carbocycles. The summed E-state index contributed by atoms with van der Waals surface area (Å²) >= 11 is 1.67. The fourth-order valence-electron chi connectivity index (χ4n) is 3.19. The number of rotatable bonds is 9. The smallest absolute Gasteiger partial charge is 0.0679 e. The SMILES string of the molecule is CCCCCCC(C)(CCCC)c1nsc2ccccc12. The predicted molar refractivity (Wildman–Crippen MR) is 95.3 cm³/mol. The zero-order chi connectivity index (χ0) is 15.1. The minimum Gasteiger partial charge on any atom is -0.196 e. The molecule has 0 saturated heterocycles. The number of nitrogens with zero attached hydrogens (tertiary/aromatic N) is 1. The van der Waals surface area contributed by atoms with Gasteiger partial charge in [-0.3, -0.25) is 0 Å². The van der Waals surface area contributed by atoms with E-state index in [1.54, 1.807) is 11.5 Å². The lowest BCUT2D eigenvalue weighted by Gasteiger charge is -2.28. The van der Waals surface area contributed by atoms with Gasteiger partial charge in [0, 0.05) is 10.8 Å². The Balaban J connectivity index is 2.21. The molecule has 1 aromatic carbocycles. The first-order chi connectivity index (χ1) is 10.2. The summed E-state index contributed by atoms with van der Waals surface area (Å²) in [5.41, 5.74) is 1.61. The Bertz CT molecular complexity index is 545. The van der Waals surface area contributed by atoms with Crippen LogP contribution in [0.2, 0.25) is 0 Å². The maximum absolute atomic E-state index is 4.86. The fourth-order valence-corrected chi connectivity index (χ4v) is 4.10. The monoisotopic (exact) mass is 303 g/mol. The molecule has 0 radical (unpaired) electrons. The van der Waals surface area contributed by atoms with Crippen molar-refractivity contribution < 1.29 is 0 Å². The zero-order valence-electron chi connectivity index (χ0n) is 13.8. The van der Waals surface area contributed by atoms with Gasteiger partial charge in [-0.05, 0) is 30.4 Å². The van der Waals surface area contributed by atoms with E-state index in [0.29, 0.717) is 0 Å². The lowest BCUT2D eigenvalue weighted by molar-refractivity contribution is 0.365. The molecule has 1 nitrogen and oxygen atoms in total. The van der Waals surface area contributed by atoms with E-state index in [4.69, 9.17) is 4.37 Å². The third kappa shape index (κ3) is 4.06. The lowest BCUT2D eigenvalue weighted by atomic mass is 9.76. The molecule has 0 N–H and O–H groups in total. The molecule has 0 amide bonds. The van der Waals surface area contributed by atoms with Crippen molar-refractivity contribution in [3.05, 3.63) is 30.0 Å². The molecule has 1 aromatic heterocycles. The largest absolute Gasteiger partial charge is 0.196 e. The Morgan fingerprint density at radius 2 is 1.67 bits per heavy atom. The quantitative estimate of drug-likeness (QED) is 0.469. The average molecular weight is 304 g/mol. The summed E-state index contributed by atoms with van der Waals surface area (Å²) in [7, 11) is 0. The Morgan fingerprint density at radius 3 is 2.43 bits per heavy atom. The Labute approximate surface area is 133 Å². The van der Waals surface area contributed by atoms with E-state index in [-0.39, 0.29) is 5.41 Å². The Morgan fingerprint density at radius 1 is 0.952 bits per heavy atom. The zero-order valence-corrected chi connectivity index (χ0v) is 14.6. The van der Waals surface area contributed by atoms with Crippen LogP contribution in [-0.2, 0) is 5.41 Å². The van der Waals surface area contributed by atoms with E-state index in [2.05, 4.69) is 45.0 Å². The summed E-state index contributed by atoms with van der Waals surface area (Å²) in [4.78, 5) is 0. The van der Waals surface area contributed by atoms with Gasteiger partial charge in [-0.2, -0.15) is 4.37 Å². The van der Waals surface area contributed by atoms with Crippen molar-refractivity contribution in [2.75, 3.05) is 0 Å². The van der Waals surface area contributed by atoms with Gasteiger partial charge in [0.1, 0.15) is 0 Å². The van der Waals surface area contributed by atoms with Crippen LogP contribution in [0.1, 0.15) is 77.8 Å². The summed E-state index contributed by atoms with van der Waals surface area (Å²) in [6.45, 7) is 7.01. The van der Waals surface area contributed by atoms with E-state index in [1.165, 1.54) is 67.1 Å². The van der Waals surface area contributed by atoms with Gasteiger partial charge in [-0.15, -0.1) is 0 Å². The topological polar surface area (TPSA) is 12.9 Å². The minimum absolute atomic E-state index is 0.253. The van der Waals surface area contributed by atoms with Gasteiger partial charge in [0.15, 0.2) is 0 Å². The van der Waals surface area contributed by atoms with Gasteiger partial charge in [-0.25, -0.2) is 0 Å². The van der Waals surface area contributed by atoms with E-state index in [1.807, 2.05) is 0 Å². The van der Waals surface area contributed by atoms with Gasteiger partial charge in [0.2, 0.25) is 0 Å². The Kier molecular flexibility index (Phi) is 6.22. The first-order valence-corrected chi connectivity index (χ1v) is 9.33. The van der Waals surface area contributed by atoms with Crippen molar-refractivity contribution in [1.82, 2.24) is 4.37 Å². The maximum Gasteiger partial charge on any atom is 0.0679 e. The summed E-state index contributed by atoms with van der Waals surface area (Å²) in [6, 6.07) is 8.73. The third-order valence-corrected chi connectivity index (χ3v) is 5.44. The summed E-state index contributed by atoms with van der Waals surface area (Å²) in [6.07, 6.45) is 10.5. The standard InChI is InChI=1S/C19H29NS/c1-4-6-8-11-15-19(3,14-7-5-2)18-16-12-9-10-13-17(16)21-20-18/h9-10,12-13H,4-8,11,14-15H2,1-3H3. The van der Waals surface area contributed by atoms with Crippen molar-refractivity contribution in [1.29, 1.82) is 0 Å². The number of aromatic nitrogens is 1. The molecule has 1 atom stereocenters. The van der Waals surface area contributed by atoms with Crippen LogP contribution in [0.4, 0.5) is 0 Å². The molecular formula is C19H29NS. The number of benzene rings is 1. The molecular weight excluding hydrogens is 274 g/mol. The molecule has 0 aliphatic heterocycles. The second-order valence-corrected chi connectivity index (χ2v) is 7.31. The van der Waals surface area contributed by atoms with E-state index in [0.717, 1.165) is 0 Å². The maximum atomic E-state index is 4.86. The van der Waals surface area contributed by atoms with Crippen LogP contribution in [0.25, 0.3) is 10.1 Å². The Hall–Kier alpha value is -0.890. The second kappa shape index (κ2) is 7.93. The summed E-state index contributed by atoms with van der Waals surface area (Å²) in [5, 5.41) is 1.39. The second-order valence-electron chi connectivity index (χ2n) is 6.50. The van der Waals surface area contributed by atoms with E-state index < -0.39 is 0 Å². The fraction of sp³-hybridized carbons (Fsp3) is 0.632. The molecule has 0 fully saturated rings. The van der Waals surface area contributed by atoms with Crippen LogP contribution in [0, 0.1) is 0 Å². The van der Waals surface area contributed by atoms with Gasteiger partial charge >= 0.3 is 0 Å². The molecule has 0 aliphatic rings. The normalized spacial score (nSPS) is 14.4.